The maximum absolute atomic E-state index is 10.5. The molecular formula is C14H21NO4. The largest absolute Gasteiger partial charge is 0.504 e. The van der Waals surface area contributed by atoms with Gasteiger partial charge in [0.05, 0.1) is 6.61 Å². The van der Waals surface area contributed by atoms with Gasteiger partial charge in [-0.1, -0.05) is 31.4 Å². The van der Waals surface area contributed by atoms with E-state index in [0.29, 0.717) is 18.8 Å². The van der Waals surface area contributed by atoms with Gasteiger partial charge in [0.25, 0.3) is 0 Å². The number of para-hydroxylation sites is 2. The fraction of sp³-hybridized carbons (Fsp3) is 0.500. The lowest BCUT2D eigenvalue weighted by molar-refractivity contribution is -0.138. The number of ether oxygens (including phenoxy) is 1. The smallest absolute Gasteiger partial charge is 0.320 e. The molecule has 5 heteroatoms. The number of hydrogen-bond acceptors (Lipinski definition) is 4. The Balaban J connectivity index is 2.03. The van der Waals surface area contributed by atoms with Gasteiger partial charge in [0, 0.05) is 0 Å². The van der Waals surface area contributed by atoms with Crippen LogP contribution in [0.15, 0.2) is 24.3 Å². The molecule has 0 saturated carbocycles. The predicted molar refractivity (Wildman–Crippen MR) is 72.3 cm³/mol. The summed E-state index contributed by atoms with van der Waals surface area (Å²) in [5.74, 6) is -0.298. The molecular weight excluding hydrogens is 246 g/mol. The van der Waals surface area contributed by atoms with Crippen molar-refractivity contribution < 1.29 is 19.7 Å². The highest BCUT2D eigenvalue weighted by molar-refractivity contribution is 5.72. The van der Waals surface area contributed by atoms with Crippen LogP contribution in [0.5, 0.6) is 11.5 Å². The van der Waals surface area contributed by atoms with Gasteiger partial charge in [0.15, 0.2) is 11.5 Å². The van der Waals surface area contributed by atoms with Crippen molar-refractivity contribution >= 4 is 5.97 Å². The van der Waals surface area contributed by atoms with Crippen LogP contribution in [0.4, 0.5) is 0 Å². The van der Waals surface area contributed by atoms with Gasteiger partial charge in [0.1, 0.15) is 6.04 Å². The van der Waals surface area contributed by atoms with Gasteiger partial charge in [-0.25, -0.2) is 0 Å². The van der Waals surface area contributed by atoms with E-state index < -0.39 is 12.0 Å². The number of hydrogen-bond donors (Lipinski definition) is 3. The number of unbranched alkanes of at least 4 members (excludes halogenated alkanes) is 3. The van der Waals surface area contributed by atoms with Gasteiger partial charge >= 0.3 is 5.97 Å². The molecule has 0 aromatic heterocycles. The van der Waals surface area contributed by atoms with Crippen LogP contribution in [0.2, 0.25) is 0 Å². The topological polar surface area (TPSA) is 92.8 Å². The Labute approximate surface area is 113 Å². The molecule has 0 amide bonds. The van der Waals surface area contributed by atoms with Crippen molar-refractivity contribution in [3.8, 4) is 11.5 Å². The summed E-state index contributed by atoms with van der Waals surface area (Å²) in [7, 11) is 0. The third-order valence-electron chi connectivity index (χ3n) is 2.85. The Kier molecular flexibility index (Phi) is 6.74. The molecule has 0 radical (unpaired) electrons. The van der Waals surface area contributed by atoms with Crippen LogP contribution in [0.1, 0.15) is 32.1 Å². The molecule has 1 rings (SSSR count). The van der Waals surface area contributed by atoms with E-state index in [0.717, 1.165) is 25.7 Å². The molecule has 0 aliphatic carbocycles. The van der Waals surface area contributed by atoms with E-state index >= 15 is 0 Å². The molecule has 1 atom stereocenters. The summed E-state index contributed by atoms with van der Waals surface area (Å²) in [6.07, 6.45) is 4.08. The van der Waals surface area contributed by atoms with Crippen LogP contribution in [0.25, 0.3) is 0 Å². The number of phenolic OH excluding ortho intramolecular Hbond substituents is 1. The predicted octanol–water partition coefficient (Wildman–Crippen LogP) is 2.13. The number of aliphatic carboxylic acids is 1. The van der Waals surface area contributed by atoms with Gasteiger partial charge < -0.3 is 20.7 Å². The molecule has 19 heavy (non-hydrogen) atoms. The number of carboxylic acid groups (broad SMARTS) is 1. The number of rotatable bonds is 9. The average molecular weight is 267 g/mol. The SMILES string of the molecule is NC(CCCCCCOc1ccccc1O)C(=O)O. The van der Waals surface area contributed by atoms with Crippen molar-refractivity contribution in [1.29, 1.82) is 0 Å². The Morgan fingerprint density at radius 3 is 2.58 bits per heavy atom. The first-order chi connectivity index (χ1) is 9.11. The average Bonchev–Trinajstić information content (AvgIpc) is 2.39. The van der Waals surface area contributed by atoms with E-state index in [1.807, 2.05) is 6.07 Å². The first kappa shape index (κ1) is 15.3. The number of carboxylic acids is 1. The van der Waals surface area contributed by atoms with E-state index in [9.17, 15) is 9.90 Å². The molecule has 106 valence electrons. The Hall–Kier alpha value is -1.75. The minimum absolute atomic E-state index is 0.148. The van der Waals surface area contributed by atoms with Crippen LogP contribution in [0.3, 0.4) is 0 Å². The molecule has 0 fully saturated rings. The number of phenols is 1. The van der Waals surface area contributed by atoms with E-state index in [2.05, 4.69) is 0 Å². The maximum Gasteiger partial charge on any atom is 0.320 e. The summed E-state index contributed by atoms with van der Waals surface area (Å²) in [4.78, 5) is 10.5. The van der Waals surface area contributed by atoms with Gasteiger partial charge in [0.2, 0.25) is 0 Å². The molecule has 0 aliphatic heterocycles. The molecule has 1 unspecified atom stereocenters. The number of benzene rings is 1. The van der Waals surface area contributed by atoms with E-state index in [1.165, 1.54) is 0 Å². The lowest BCUT2D eigenvalue weighted by atomic mass is 10.1. The van der Waals surface area contributed by atoms with Crippen molar-refractivity contribution in [2.75, 3.05) is 6.61 Å². The number of aromatic hydroxyl groups is 1. The summed E-state index contributed by atoms with van der Waals surface area (Å²) in [6.45, 7) is 0.544. The highest BCUT2D eigenvalue weighted by Gasteiger charge is 2.09. The molecule has 0 saturated heterocycles. The second-order valence-electron chi connectivity index (χ2n) is 4.46. The first-order valence-electron chi connectivity index (χ1n) is 6.50. The Morgan fingerprint density at radius 1 is 1.21 bits per heavy atom. The van der Waals surface area contributed by atoms with Crippen LogP contribution < -0.4 is 10.5 Å². The van der Waals surface area contributed by atoms with Crippen molar-refractivity contribution in [2.24, 2.45) is 5.73 Å². The van der Waals surface area contributed by atoms with Crippen molar-refractivity contribution in [3.63, 3.8) is 0 Å². The molecule has 1 aromatic carbocycles. The first-order valence-corrected chi connectivity index (χ1v) is 6.50. The molecule has 0 heterocycles. The molecule has 0 spiro atoms. The van der Waals surface area contributed by atoms with Crippen LogP contribution in [-0.2, 0) is 4.79 Å². The third kappa shape index (κ3) is 6.10. The van der Waals surface area contributed by atoms with Crippen molar-refractivity contribution in [3.05, 3.63) is 24.3 Å². The quantitative estimate of drug-likeness (QED) is 0.596. The van der Waals surface area contributed by atoms with Crippen molar-refractivity contribution in [2.45, 2.75) is 38.1 Å². The Bertz CT molecular complexity index is 395. The fourth-order valence-corrected chi connectivity index (χ4v) is 1.70. The third-order valence-corrected chi connectivity index (χ3v) is 2.85. The molecule has 4 N–H and O–H groups in total. The normalized spacial score (nSPS) is 12.1. The zero-order chi connectivity index (χ0) is 14.1. The zero-order valence-corrected chi connectivity index (χ0v) is 10.9. The van der Waals surface area contributed by atoms with Gasteiger partial charge in [-0.2, -0.15) is 0 Å². The summed E-state index contributed by atoms with van der Waals surface area (Å²) < 4.78 is 5.43. The van der Waals surface area contributed by atoms with Crippen LogP contribution in [0, 0.1) is 0 Å². The Morgan fingerprint density at radius 2 is 1.89 bits per heavy atom. The standard InChI is InChI=1S/C14H21NO4/c15-11(14(17)18)7-3-1-2-6-10-19-13-9-5-4-8-12(13)16/h4-5,8-9,11,16H,1-3,6-7,10,15H2,(H,17,18). The zero-order valence-electron chi connectivity index (χ0n) is 10.9. The second-order valence-corrected chi connectivity index (χ2v) is 4.46. The van der Waals surface area contributed by atoms with Gasteiger partial charge in [-0.15, -0.1) is 0 Å². The number of carbonyl (C=O) groups is 1. The van der Waals surface area contributed by atoms with E-state index in [4.69, 9.17) is 15.6 Å². The van der Waals surface area contributed by atoms with Crippen LogP contribution >= 0.6 is 0 Å². The summed E-state index contributed by atoms with van der Waals surface area (Å²) in [5.41, 5.74) is 5.40. The summed E-state index contributed by atoms with van der Waals surface area (Å²) >= 11 is 0. The fourth-order valence-electron chi connectivity index (χ4n) is 1.70. The van der Waals surface area contributed by atoms with Gasteiger partial charge in [-0.05, 0) is 25.0 Å². The molecule has 1 aromatic rings. The van der Waals surface area contributed by atoms with Crippen LogP contribution in [-0.4, -0.2) is 28.8 Å². The van der Waals surface area contributed by atoms with E-state index in [1.54, 1.807) is 18.2 Å². The van der Waals surface area contributed by atoms with Crippen molar-refractivity contribution in [1.82, 2.24) is 0 Å². The maximum atomic E-state index is 10.5. The summed E-state index contributed by atoms with van der Waals surface area (Å²) in [5, 5.41) is 18.1. The highest BCUT2D eigenvalue weighted by Crippen LogP contribution is 2.24. The second kappa shape index (κ2) is 8.37. The monoisotopic (exact) mass is 267 g/mol. The molecule has 0 bridgehead atoms. The molecule has 0 aliphatic rings. The minimum Gasteiger partial charge on any atom is -0.504 e. The lowest BCUT2D eigenvalue weighted by Crippen LogP contribution is -2.29. The highest BCUT2D eigenvalue weighted by atomic mass is 16.5. The number of nitrogens with two attached hydrogens (primary N) is 1. The van der Waals surface area contributed by atoms with Gasteiger partial charge in [-0.3, -0.25) is 4.79 Å². The minimum atomic E-state index is -0.942. The molecule has 5 nitrogen and oxygen atoms in total. The van der Waals surface area contributed by atoms with E-state index in [-0.39, 0.29) is 5.75 Å². The lowest BCUT2D eigenvalue weighted by Gasteiger charge is -2.08. The summed E-state index contributed by atoms with van der Waals surface area (Å²) in [6, 6.07) is 6.11.